The summed E-state index contributed by atoms with van der Waals surface area (Å²) < 4.78 is 5.18. The van der Waals surface area contributed by atoms with Gasteiger partial charge in [-0.1, -0.05) is 6.07 Å². The molecule has 1 heterocycles. The molecule has 2 rings (SSSR count). The number of aromatic amines is 1. The van der Waals surface area contributed by atoms with Crippen molar-refractivity contribution in [1.29, 1.82) is 0 Å². The Labute approximate surface area is 91.9 Å². The van der Waals surface area contributed by atoms with E-state index in [1.807, 2.05) is 0 Å². The minimum absolute atomic E-state index is 0.293. The Bertz CT molecular complexity index is 563. The van der Waals surface area contributed by atoms with Gasteiger partial charge in [0, 0.05) is 11.9 Å². The Balaban J connectivity index is 2.73. The van der Waals surface area contributed by atoms with Crippen molar-refractivity contribution in [3.05, 3.63) is 40.8 Å². The van der Waals surface area contributed by atoms with Gasteiger partial charge in [-0.2, -0.15) is 5.10 Å². The van der Waals surface area contributed by atoms with E-state index in [4.69, 9.17) is 10.5 Å². The van der Waals surface area contributed by atoms with Crippen LogP contribution in [0.1, 0.15) is 0 Å². The molecule has 0 fully saturated rings. The topological polar surface area (TPSA) is 81.0 Å². The van der Waals surface area contributed by atoms with Crippen LogP contribution >= 0.6 is 0 Å². The summed E-state index contributed by atoms with van der Waals surface area (Å²) in [5, 5.41) is 6.00. The minimum Gasteiger partial charge on any atom is -0.496 e. The third-order valence-electron chi connectivity index (χ3n) is 2.27. The largest absolute Gasteiger partial charge is 0.496 e. The Kier molecular flexibility index (Phi) is 2.59. The first-order valence-electron chi connectivity index (χ1n) is 4.70. The van der Waals surface area contributed by atoms with E-state index in [1.165, 1.54) is 13.3 Å². The number of nitrogens with zero attached hydrogens (tertiary/aromatic N) is 1. The van der Waals surface area contributed by atoms with Crippen molar-refractivity contribution in [2.24, 2.45) is 0 Å². The summed E-state index contributed by atoms with van der Waals surface area (Å²) in [6.45, 7) is 0. The van der Waals surface area contributed by atoms with Crippen molar-refractivity contribution in [3.63, 3.8) is 0 Å². The lowest BCUT2D eigenvalue weighted by atomic mass is 10.0. The van der Waals surface area contributed by atoms with E-state index in [0.29, 0.717) is 22.6 Å². The summed E-state index contributed by atoms with van der Waals surface area (Å²) in [7, 11) is 1.54. The molecule has 2 aromatic rings. The van der Waals surface area contributed by atoms with Gasteiger partial charge in [-0.15, -0.1) is 0 Å². The molecule has 0 aliphatic heterocycles. The molecule has 16 heavy (non-hydrogen) atoms. The monoisotopic (exact) mass is 217 g/mol. The lowest BCUT2D eigenvalue weighted by Crippen LogP contribution is -2.11. The minimum atomic E-state index is -0.293. The number of aromatic nitrogens is 2. The fourth-order valence-electron chi connectivity index (χ4n) is 1.55. The van der Waals surface area contributed by atoms with Gasteiger partial charge in [-0.3, -0.25) is 4.79 Å². The summed E-state index contributed by atoms with van der Waals surface area (Å²) in [6, 6.07) is 6.85. The van der Waals surface area contributed by atoms with Crippen LogP contribution in [0, 0.1) is 0 Å². The highest BCUT2D eigenvalue weighted by atomic mass is 16.5. The van der Waals surface area contributed by atoms with E-state index in [0.717, 1.165) is 0 Å². The van der Waals surface area contributed by atoms with Gasteiger partial charge in [0.1, 0.15) is 5.75 Å². The normalized spacial score (nSPS) is 10.1. The maximum Gasteiger partial charge on any atom is 0.272 e. The molecule has 0 unspecified atom stereocenters. The first-order chi connectivity index (χ1) is 7.74. The predicted molar refractivity (Wildman–Crippen MR) is 61.3 cm³/mol. The lowest BCUT2D eigenvalue weighted by molar-refractivity contribution is 0.416. The number of rotatable bonds is 2. The molecule has 1 aromatic heterocycles. The Morgan fingerprint density at radius 3 is 2.88 bits per heavy atom. The number of methoxy groups -OCH3 is 1. The second-order valence-electron chi connectivity index (χ2n) is 3.22. The van der Waals surface area contributed by atoms with Gasteiger partial charge in [0.2, 0.25) is 0 Å². The van der Waals surface area contributed by atoms with Crippen molar-refractivity contribution < 1.29 is 4.74 Å². The van der Waals surface area contributed by atoms with Crippen molar-refractivity contribution in [2.75, 3.05) is 12.8 Å². The van der Waals surface area contributed by atoms with Crippen LogP contribution < -0.4 is 16.0 Å². The zero-order chi connectivity index (χ0) is 11.5. The Morgan fingerprint density at radius 1 is 1.38 bits per heavy atom. The van der Waals surface area contributed by atoms with E-state index in [9.17, 15) is 4.79 Å². The quantitative estimate of drug-likeness (QED) is 0.736. The van der Waals surface area contributed by atoms with Crippen LogP contribution in [0.5, 0.6) is 5.75 Å². The van der Waals surface area contributed by atoms with Crippen molar-refractivity contribution in [1.82, 2.24) is 10.2 Å². The highest BCUT2D eigenvalue weighted by molar-refractivity contribution is 5.81. The number of hydrogen-bond donors (Lipinski definition) is 2. The number of nitrogen functional groups attached to an aromatic ring is 1. The zero-order valence-electron chi connectivity index (χ0n) is 8.73. The molecule has 5 nitrogen and oxygen atoms in total. The average Bonchev–Trinajstić information content (AvgIpc) is 2.30. The van der Waals surface area contributed by atoms with Gasteiger partial charge >= 0.3 is 0 Å². The van der Waals surface area contributed by atoms with E-state index < -0.39 is 0 Å². The molecule has 3 N–H and O–H groups in total. The molecule has 0 amide bonds. The SMILES string of the molecule is COc1cccc(N)c1-c1ccn[nH]c1=O. The fraction of sp³-hybridized carbons (Fsp3) is 0.0909. The summed E-state index contributed by atoms with van der Waals surface area (Å²) in [4.78, 5) is 11.6. The van der Waals surface area contributed by atoms with Gasteiger partial charge < -0.3 is 10.5 Å². The molecule has 1 aromatic carbocycles. The van der Waals surface area contributed by atoms with E-state index >= 15 is 0 Å². The molecule has 0 bridgehead atoms. The zero-order valence-corrected chi connectivity index (χ0v) is 8.73. The maximum atomic E-state index is 11.6. The van der Waals surface area contributed by atoms with E-state index in [2.05, 4.69) is 10.2 Å². The van der Waals surface area contributed by atoms with Gasteiger partial charge in [0.25, 0.3) is 5.56 Å². The second kappa shape index (κ2) is 4.06. The van der Waals surface area contributed by atoms with Crippen LogP contribution in [0.2, 0.25) is 0 Å². The van der Waals surface area contributed by atoms with Crippen LogP contribution in [0.15, 0.2) is 35.3 Å². The van der Waals surface area contributed by atoms with Crippen LogP contribution in [-0.2, 0) is 0 Å². The molecule has 5 heteroatoms. The molecule has 0 aliphatic rings. The molecule has 82 valence electrons. The third kappa shape index (κ3) is 1.63. The van der Waals surface area contributed by atoms with Crippen LogP contribution in [0.25, 0.3) is 11.1 Å². The number of anilines is 1. The number of ether oxygens (including phenoxy) is 1. The number of nitrogens with one attached hydrogen (secondary N) is 1. The number of H-pyrrole nitrogens is 1. The molecule has 0 aliphatic carbocycles. The summed E-state index contributed by atoms with van der Waals surface area (Å²) >= 11 is 0. The average molecular weight is 217 g/mol. The maximum absolute atomic E-state index is 11.6. The van der Waals surface area contributed by atoms with Gasteiger partial charge in [-0.25, -0.2) is 5.10 Å². The summed E-state index contributed by atoms with van der Waals surface area (Å²) in [5.74, 6) is 0.566. The first kappa shape index (κ1) is 10.2. The van der Waals surface area contributed by atoms with Gasteiger partial charge in [0.15, 0.2) is 0 Å². The van der Waals surface area contributed by atoms with Crippen molar-refractivity contribution in [2.45, 2.75) is 0 Å². The molecule has 0 spiro atoms. The standard InChI is InChI=1S/C11H11N3O2/c1-16-9-4-2-3-8(12)10(9)7-5-6-13-14-11(7)15/h2-6H,12H2,1H3,(H,14,15). The molecule has 0 atom stereocenters. The van der Waals surface area contributed by atoms with Crippen LogP contribution in [-0.4, -0.2) is 17.3 Å². The number of nitrogens with two attached hydrogens (primary N) is 1. The fourth-order valence-corrected chi connectivity index (χ4v) is 1.55. The van der Waals surface area contributed by atoms with Crippen LogP contribution in [0.4, 0.5) is 5.69 Å². The smallest absolute Gasteiger partial charge is 0.272 e. The number of hydrogen-bond acceptors (Lipinski definition) is 4. The Hall–Kier alpha value is -2.30. The van der Waals surface area contributed by atoms with Crippen LogP contribution in [0.3, 0.4) is 0 Å². The van der Waals surface area contributed by atoms with E-state index in [-0.39, 0.29) is 5.56 Å². The van der Waals surface area contributed by atoms with E-state index in [1.54, 1.807) is 24.3 Å². The summed E-state index contributed by atoms with van der Waals surface area (Å²) in [5.41, 5.74) is 7.09. The van der Waals surface area contributed by atoms with Gasteiger partial charge in [-0.05, 0) is 18.2 Å². The Morgan fingerprint density at radius 2 is 2.19 bits per heavy atom. The molecule has 0 saturated heterocycles. The van der Waals surface area contributed by atoms with Gasteiger partial charge in [0.05, 0.1) is 18.2 Å². The third-order valence-corrected chi connectivity index (χ3v) is 2.27. The molecular formula is C11H11N3O2. The van der Waals surface area contributed by atoms with Crippen molar-refractivity contribution in [3.8, 4) is 16.9 Å². The first-order valence-corrected chi connectivity index (χ1v) is 4.70. The summed E-state index contributed by atoms with van der Waals surface area (Å²) in [6.07, 6.45) is 1.50. The lowest BCUT2D eigenvalue weighted by Gasteiger charge is -2.09. The highest BCUT2D eigenvalue weighted by Crippen LogP contribution is 2.32. The molecular weight excluding hydrogens is 206 g/mol. The van der Waals surface area contributed by atoms with Crippen molar-refractivity contribution >= 4 is 5.69 Å². The molecule has 0 radical (unpaired) electrons. The predicted octanol–water partition coefficient (Wildman–Crippen LogP) is 1.03. The highest BCUT2D eigenvalue weighted by Gasteiger charge is 2.12. The second-order valence-corrected chi connectivity index (χ2v) is 3.22. The number of benzene rings is 1. The molecule has 0 saturated carbocycles.